The maximum atomic E-state index is 2.59. The number of unbranched alkanes of at least 4 members (excludes halogenated alkanes) is 12. The van der Waals surface area contributed by atoms with Gasteiger partial charge in [0.05, 0.1) is 111 Å². The summed E-state index contributed by atoms with van der Waals surface area (Å²) in [6.45, 7) is 9.03. The van der Waals surface area contributed by atoms with Gasteiger partial charge in [-0.1, -0.05) is 196 Å². The Hall–Kier alpha value is -9.80. The monoisotopic (exact) mass is 1540 g/mol. The molecule has 4 aromatic heterocycles. The highest BCUT2D eigenvalue weighted by atomic mass is 15.3. The van der Waals surface area contributed by atoms with E-state index in [2.05, 4.69) is 346 Å². The predicted octanol–water partition coefficient (Wildman–Crippen LogP) is 25.8. The molecular weight excluding hydrogens is 1410 g/mol. The van der Waals surface area contributed by atoms with Gasteiger partial charge in [-0.2, -0.15) is 0 Å². The van der Waals surface area contributed by atoms with E-state index in [1.807, 2.05) is 0 Å². The molecule has 600 valence electrons. The van der Waals surface area contributed by atoms with Gasteiger partial charge in [0.15, 0.2) is 0 Å². The fourth-order valence-electron chi connectivity index (χ4n) is 18.7. The van der Waals surface area contributed by atoms with E-state index in [0.717, 1.165) is 69.8 Å². The van der Waals surface area contributed by atoms with Gasteiger partial charge in [0.2, 0.25) is 0 Å². The minimum absolute atomic E-state index is 0.880. The lowest BCUT2D eigenvalue weighted by atomic mass is 9.86. The first-order valence-electron chi connectivity index (χ1n) is 44.3. The van der Waals surface area contributed by atoms with Crippen molar-refractivity contribution in [1.29, 1.82) is 0 Å². The molecule has 0 spiro atoms. The largest absolute Gasteiger partial charge is 0.340 e. The molecule has 18 rings (SSSR count). The molecule has 0 radical (unpaired) electrons. The SMILES string of the molecule is C[N+](C)(C)CCCCCCn1c2ccccc2c2cc(/C=C\c3cc4c(/C=C/c5ccc6c(c5)c5ccccc5n6CCCCCC[N+](C)(C)C)cc3CCc3cc(/C=C/c5ccc6c(c5)c5ccccc5n6CCCCCC[N+](C)(C)C)c(cc3/C=C\c3ccc5c(c3)c3ccccc3n5CCCCCC[N+](C)(C)C)CC4)ccc21. The highest BCUT2D eigenvalue weighted by Crippen LogP contribution is 2.38. The Kier molecular flexibility index (Phi) is 25.2. The third-order valence-electron chi connectivity index (χ3n) is 25.0. The van der Waals surface area contributed by atoms with Crippen molar-refractivity contribution in [2.45, 2.75) is 155 Å². The average Bonchev–Trinajstić information content (AvgIpc) is 1.59. The van der Waals surface area contributed by atoms with Gasteiger partial charge in [0, 0.05) is 113 Å². The van der Waals surface area contributed by atoms with Crippen molar-refractivity contribution in [2.75, 3.05) is 111 Å². The van der Waals surface area contributed by atoms with Crippen LogP contribution in [0.5, 0.6) is 0 Å². The number of nitrogens with zero attached hydrogens (tertiary/aromatic N) is 8. The summed E-state index contributed by atoms with van der Waals surface area (Å²) in [5.74, 6) is 0. The lowest BCUT2D eigenvalue weighted by Crippen LogP contribution is -2.35. The van der Waals surface area contributed by atoms with Crippen molar-refractivity contribution in [2.24, 2.45) is 0 Å². The van der Waals surface area contributed by atoms with Crippen LogP contribution in [0.4, 0.5) is 0 Å². The number of para-hydroxylation sites is 4. The number of fused-ring (bicyclic) bond motifs is 12. The maximum absolute atomic E-state index is 2.59. The van der Waals surface area contributed by atoms with Crippen LogP contribution in [-0.4, -0.2) is 147 Å². The number of quaternary nitrogens is 4. The summed E-state index contributed by atoms with van der Waals surface area (Å²) in [7, 11) is 27.7. The Labute approximate surface area is 693 Å². The molecule has 4 aliphatic rings. The van der Waals surface area contributed by atoms with E-state index in [1.165, 1.54) is 283 Å². The molecule has 0 amide bonds. The summed E-state index contributed by atoms with van der Waals surface area (Å²) >= 11 is 0. The van der Waals surface area contributed by atoms with Crippen LogP contribution in [0.2, 0.25) is 0 Å². The van der Waals surface area contributed by atoms with Gasteiger partial charge in [0.25, 0.3) is 0 Å². The quantitative estimate of drug-likeness (QED) is 0.0212. The minimum Gasteiger partial charge on any atom is -0.340 e. The smallest absolute Gasteiger partial charge is 0.0780 e. The topological polar surface area (TPSA) is 19.7 Å². The van der Waals surface area contributed by atoms with Crippen LogP contribution in [0.3, 0.4) is 0 Å². The van der Waals surface area contributed by atoms with Gasteiger partial charge in [0.1, 0.15) is 0 Å². The number of hydrogen-bond donors (Lipinski definition) is 0. The summed E-state index contributed by atoms with van der Waals surface area (Å²) in [5.41, 5.74) is 26.3. The fraction of sp³-hybridized carbons (Fsp3) is 0.370. The number of benzene rings is 10. The molecule has 4 heterocycles. The lowest BCUT2D eigenvalue weighted by molar-refractivity contribution is -0.870. The number of aromatic nitrogens is 4. The van der Waals surface area contributed by atoms with Crippen LogP contribution < -0.4 is 0 Å². The second-order valence-electron chi connectivity index (χ2n) is 38.3. The molecule has 0 aliphatic heterocycles. The lowest BCUT2D eigenvalue weighted by Gasteiger charge is -2.23. The third-order valence-corrected chi connectivity index (χ3v) is 25.0. The van der Waals surface area contributed by atoms with Crippen LogP contribution in [0.25, 0.3) is 136 Å². The van der Waals surface area contributed by atoms with Crippen molar-refractivity contribution in [3.05, 3.63) is 261 Å². The van der Waals surface area contributed by atoms with E-state index in [1.54, 1.807) is 0 Å². The first-order chi connectivity index (χ1) is 56.0. The zero-order chi connectivity index (χ0) is 80.6. The number of hydrogen-bond acceptors (Lipinski definition) is 0. The molecule has 0 fully saturated rings. The summed E-state index contributed by atoms with van der Waals surface area (Å²) in [6.07, 6.45) is 42.9. The molecule has 8 nitrogen and oxygen atoms in total. The van der Waals surface area contributed by atoms with Crippen LogP contribution in [0.1, 0.15) is 169 Å². The van der Waals surface area contributed by atoms with Crippen LogP contribution >= 0.6 is 0 Å². The van der Waals surface area contributed by atoms with E-state index in [9.17, 15) is 0 Å². The Morgan fingerprint density at radius 2 is 0.405 bits per heavy atom. The molecule has 4 aliphatic carbocycles. The second-order valence-corrected chi connectivity index (χ2v) is 38.3. The molecule has 0 atom stereocenters. The van der Waals surface area contributed by atoms with E-state index in [4.69, 9.17) is 0 Å². The first kappa shape index (κ1) is 81.3. The van der Waals surface area contributed by atoms with Crippen molar-refractivity contribution in [1.82, 2.24) is 18.3 Å². The van der Waals surface area contributed by atoms with E-state index < -0.39 is 0 Å². The van der Waals surface area contributed by atoms with Crippen LogP contribution in [0, 0.1) is 0 Å². The number of aryl methyl sites for hydroxylation is 8. The summed E-state index contributed by atoms with van der Waals surface area (Å²) in [4.78, 5) is 0. The Morgan fingerprint density at radius 1 is 0.207 bits per heavy atom. The van der Waals surface area contributed by atoms with Gasteiger partial charge in [-0.15, -0.1) is 0 Å². The average molecular weight is 1540 g/mol. The van der Waals surface area contributed by atoms with Gasteiger partial charge >= 0.3 is 0 Å². The number of rotatable bonds is 36. The molecule has 4 bridgehead atoms. The summed E-state index contributed by atoms with van der Waals surface area (Å²) in [5, 5.41) is 10.7. The van der Waals surface area contributed by atoms with E-state index >= 15 is 0 Å². The molecule has 0 unspecified atom stereocenters. The molecule has 116 heavy (non-hydrogen) atoms. The van der Waals surface area contributed by atoms with Gasteiger partial charge in [-0.3, -0.25) is 0 Å². The Bertz CT molecular complexity index is 5190. The zero-order valence-electron chi connectivity index (χ0n) is 72.5. The predicted molar refractivity (Wildman–Crippen MR) is 507 cm³/mol. The third kappa shape index (κ3) is 19.9. The molecule has 14 aromatic rings. The van der Waals surface area contributed by atoms with Crippen molar-refractivity contribution in [3.8, 4) is 0 Å². The van der Waals surface area contributed by atoms with Crippen LogP contribution in [0.15, 0.2) is 194 Å². The summed E-state index contributed by atoms with van der Waals surface area (Å²) < 4.78 is 14.5. The van der Waals surface area contributed by atoms with E-state index in [0.29, 0.717) is 0 Å². The Balaban J connectivity index is 0.790. The molecule has 10 aromatic carbocycles. The molecule has 0 saturated heterocycles. The normalized spacial score (nSPS) is 13.6. The van der Waals surface area contributed by atoms with Crippen molar-refractivity contribution >= 4 is 136 Å². The van der Waals surface area contributed by atoms with Gasteiger partial charge < -0.3 is 36.2 Å². The first-order valence-corrected chi connectivity index (χ1v) is 44.3. The standard InChI is InChI=1S/C108H132N8/c1-113(2,3)69-33-17-13-29-65-109-101-41-25-21-37-93(101)97-73-81(49-61-105(97)109)45-53-85-77-90-59-60-92-80-87(55-47-83-51-63-107-99(75-83)95-39-23-27-43-103(95)111(107)67-31-15-19-35-71-115(7,8)9)91(79-88(92)56-48-84-52-64-108-100(76-84)96-40-24-28-44-104(96)112(108)68-32-16-20-36-72-116(10,11)12)58-57-89(85)78-86(90)54-46-82-50-62-106-98(74-82)94-38-22-26-42-102(94)110(106)66-30-14-18-34-70-114(4,5)6/h21-28,37-56,61-64,73-80H,13-20,29-36,57-60,65-72H2,1-12H3/q+4/b53-45-,54-46+,55-47-,56-48+. The maximum Gasteiger partial charge on any atom is 0.0780 e. The highest BCUT2D eigenvalue weighted by Gasteiger charge is 2.21. The zero-order valence-corrected chi connectivity index (χ0v) is 72.5. The second kappa shape index (κ2) is 36.0. The molecule has 0 N–H and O–H groups in total. The minimum atomic E-state index is 0.880. The van der Waals surface area contributed by atoms with E-state index in [-0.39, 0.29) is 0 Å². The van der Waals surface area contributed by atoms with Gasteiger partial charge in [-0.05, 0) is 242 Å². The highest BCUT2D eigenvalue weighted by molar-refractivity contribution is 6.12. The molecule has 8 heteroatoms. The van der Waals surface area contributed by atoms with Crippen molar-refractivity contribution in [3.63, 3.8) is 0 Å². The fourth-order valence-corrected chi connectivity index (χ4v) is 18.7. The van der Waals surface area contributed by atoms with Gasteiger partial charge in [-0.25, -0.2) is 0 Å². The van der Waals surface area contributed by atoms with Crippen LogP contribution in [-0.2, 0) is 51.9 Å². The van der Waals surface area contributed by atoms with Crippen molar-refractivity contribution < 1.29 is 17.9 Å². The molecular formula is C108H132N8+4. The summed E-state index contributed by atoms with van der Waals surface area (Å²) in [6, 6.07) is 75.5. The Morgan fingerprint density at radius 3 is 0.621 bits per heavy atom. The molecule has 0 saturated carbocycles.